The third-order valence-electron chi connectivity index (χ3n) is 7.14. The van der Waals surface area contributed by atoms with E-state index >= 15 is 0 Å². The summed E-state index contributed by atoms with van der Waals surface area (Å²) in [5.74, 6) is -0.0510. The molecule has 0 bridgehead atoms. The van der Waals surface area contributed by atoms with Gasteiger partial charge in [0.1, 0.15) is 5.75 Å². The fourth-order valence-corrected chi connectivity index (χ4v) is 4.98. The molecule has 3 aromatic carbocycles. The van der Waals surface area contributed by atoms with Crippen molar-refractivity contribution >= 4 is 17.5 Å². The lowest BCUT2D eigenvalue weighted by Gasteiger charge is -2.22. The maximum atomic E-state index is 13.0. The Morgan fingerprint density at radius 3 is 2.38 bits per heavy atom. The van der Waals surface area contributed by atoms with Crippen LogP contribution < -0.4 is 0 Å². The van der Waals surface area contributed by atoms with E-state index in [4.69, 9.17) is 4.74 Å². The summed E-state index contributed by atoms with van der Waals surface area (Å²) >= 11 is 0. The lowest BCUT2D eigenvalue weighted by atomic mass is 10.0. The second kappa shape index (κ2) is 17.2. The summed E-state index contributed by atoms with van der Waals surface area (Å²) in [6.45, 7) is 6.26. The first-order valence-corrected chi connectivity index (χ1v) is 14.5. The summed E-state index contributed by atoms with van der Waals surface area (Å²) in [4.78, 5) is 26.0. The number of nitro groups is 1. The van der Waals surface area contributed by atoms with Crippen molar-refractivity contribution in [3.05, 3.63) is 110 Å². The molecule has 0 radical (unpaired) electrons. The molecule has 3 aromatic rings. The van der Waals surface area contributed by atoms with Gasteiger partial charge in [0.05, 0.1) is 24.7 Å². The Labute approximate surface area is 248 Å². The van der Waals surface area contributed by atoms with Crippen molar-refractivity contribution in [2.45, 2.75) is 59.1 Å². The van der Waals surface area contributed by atoms with Crippen LogP contribution in [0.15, 0.2) is 66.7 Å². The predicted octanol–water partition coefficient (Wildman–Crippen LogP) is 6.77. The number of benzene rings is 3. The Morgan fingerprint density at radius 1 is 0.976 bits per heavy atom. The quantitative estimate of drug-likeness (QED) is 0.0745. The van der Waals surface area contributed by atoms with Crippen LogP contribution in [0.2, 0.25) is 0 Å². The summed E-state index contributed by atoms with van der Waals surface area (Å²) in [6, 6.07) is 18.4. The summed E-state index contributed by atoms with van der Waals surface area (Å²) in [5, 5.41) is 30.4. The highest BCUT2D eigenvalue weighted by molar-refractivity contribution is 5.98. The van der Waals surface area contributed by atoms with Gasteiger partial charge in [0.15, 0.2) is 5.78 Å². The normalized spacial score (nSPS) is 11.4. The van der Waals surface area contributed by atoms with Crippen molar-refractivity contribution in [2.24, 2.45) is 0 Å². The first-order chi connectivity index (χ1) is 20.3. The second-order valence-electron chi connectivity index (χ2n) is 10.6. The number of phenols is 1. The molecule has 0 spiro atoms. The van der Waals surface area contributed by atoms with E-state index in [1.165, 1.54) is 6.07 Å². The number of Topliss-reactive ketones (excluding diaryl/α,β-unsaturated/α-hetero) is 1. The molecule has 0 fully saturated rings. The number of hydrogen-bond donors (Lipinski definition) is 2. The van der Waals surface area contributed by atoms with E-state index in [1.807, 2.05) is 42.5 Å². The zero-order chi connectivity index (χ0) is 30.3. The molecule has 0 amide bonds. The number of aliphatic hydroxyl groups excluding tert-OH is 1. The van der Waals surface area contributed by atoms with Crippen LogP contribution in [0.5, 0.6) is 5.75 Å². The standard InChI is InChI=1S/C34H42N2O6/c1-26-20-29(21-27(2)34(26)36(40)41)14-8-11-19-42-18-10-4-3-9-17-35(23-28-12-6-5-7-13-28)24-33(39)30-15-16-32(38)31(22-30)25-37/h5-8,12-16,20-22,37-38H,3-4,9-11,17-19,23-25H2,1-2H3. The summed E-state index contributed by atoms with van der Waals surface area (Å²) in [5.41, 5.74) is 4.45. The topological polar surface area (TPSA) is 113 Å². The van der Waals surface area contributed by atoms with Gasteiger partial charge in [-0.3, -0.25) is 19.8 Å². The Morgan fingerprint density at radius 2 is 1.69 bits per heavy atom. The molecule has 0 atom stereocenters. The molecule has 0 aliphatic carbocycles. The predicted molar refractivity (Wildman–Crippen MR) is 166 cm³/mol. The molecular weight excluding hydrogens is 532 g/mol. The smallest absolute Gasteiger partial charge is 0.275 e. The van der Waals surface area contributed by atoms with Crippen LogP contribution >= 0.6 is 0 Å². The number of nitro benzene ring substituents is 1. The molecule has 2 N–H and O–H groups in total. The summed E-state index contributed by atoms with van der Waals surface area (Å²) in [7, 11) is 0. The van der Waals surface area contributed by atoms with Crippen molar-refractivity contribution in [2.75, 3.05) is 26.3 Å². The van der Waals surface area contributed by atoms with Gasteiger partial charge in [-0.05, 0) is 81.1 Å². The number of ether oxygens (including phenoxy) is 1. The van der Waals surface area contributed by atoms with Gasteiger partial charge >= 0.3 is 0 Å². The zero-order valence-electron chi connectivity index (χ0n) is 24.6. The molecule has 8 nitrogen and oxygen atoms in total. The number of aromatic hydroxyl groups is 1. The van der Waals surface area contributed by atoms with Gasteiger partial charge in [-0.2, -0.15) is 0 Å². The van der Waals surface area contributed by atoms with Crippen molar-refractivity contribution in [1.82, 2.24) is 4.90 Å². The van der Waals surface area contributed by atoms with Crippen molar-refractivity contribution in [1.29, 1.82) is 0 Å². The van der Waals surface area contributed by atoms with Crippen LogP contribution in [0.1, 0.15) is 70.3 Å². The number of carbonyl (C=O) groups is 1. The molecule has 42 heavy (non-hydrogen) atoms. The highest BCUT2D eigenvalue weighted by atomic mass is 16.6. The average molecular weight is 575 g/mol. The maximum absolute atomic E-state index is 13.0. The zero-order valence-corrected chi connectivity index (χ0v) is 24.6. The van der Waals surface area contributed by atoms with Crippen molar-refractivity contribution in [3.63, 3.8) is 0 Å². The monoisotopic (exact) mass is 574 g/mol. The number of unbranched alkanes of at least 4 members (excludes halogenated alkanes) is 3. The Hall–Kier alpha value is -3.85. The van der Waals surface area contributed by atoms with Gasteiger partial charge in [-0.1, -0.05) is 55.3 Å². The number of ketones is 1. The first-order valence-electron chi connectivity index (χ1n) is 14.5. The Bertz CT molecular complexity index is 1320. The van der Waals surface area contributed by atoms with Crippen LogP contribution in [-0.4, -0.2) is 52.1 Å². The van der Waals surface area contributed by atoms with Crippen LogP contribution in [0.4, 0.5) is 5.69 Å². The van der Waals surface area contributed by atoms with E-state index in [0.717, 1.165) is 49.8 Å². The van der Waals surface area contributed by atoms with Crippen LogP contribution in [0, 0.1) is 24.0 Å². The molecule has 8 heteroatoms. The van der Waals surface area contributed by atoms with E-state index < -0.39 is 0 Å². The highest BCUT2D eigenvalue weighted by Crippen LogP contribution is 2.25. The van der Waals surface area contributed by atoms with E-state index in [9.17, 15) is 25.1 Å². The molecular formula is C34H42N2O6. The fourth-order valence-electron chi connectivity index (χ4n) is 4.98. The Balaban J connectivity index is 1.36. The largest absolute Gasteiger partial charge is 0.508 e. The van der Waals surface area contributed by atoms with Gasteiger partial charge in [-0.25, -0.2) is 0 Å². The number of aryl methyl sites for hydroxylation is 2. The molecule has 0 saturated heterocycles. The molecule has 0 aromatic heterocycles. The second-order valence-corrected chi connectivity index (χ2v) is 10.6. The number of carbonyl (C=O) groups excluding carboxylic acids is 1. The van der Waals surface area contributed by atoms with Gasteiger partial charge in [0.25, 0.3) is 5.69 Å². The fraction of sp³-hybridized carbons (Fsp3) is 0.382. The third-order valence-corrected chi connectivity index (χ3v) is 7.14. The maximum Gasteiger partial charge on any atom is 0.275 e. The minimum atomic E-state index is -0.331. The lowest BCUT2D eigenvalue weighted by molar-refractivity contribution is -0.386. The van der Waals surface area contributed by atoms with Crippen molar-refractivity contribution < 1.29 is 24.7 Å². The summed E-state index contributed by atoms with van der Waals surface area (Å²) in [6.07, 6.45) is 8.81. The average Bonchev–Trinajstić information content (AvgIpc) is 2.96. The SMILES string of the molecule is Cc1cc(C=CCCOCCCCCCN(CC(=O)c2ccc(O)c(CO)c2)Cc2ccccc2)cc(C)c1[N+](=O)[O-]. The lowest BCUT2D eigenvalue weighted by Crippen LogP contribution is -2.30. The van der Waals surface area contributed by atoms with E-state index in [0.29, 0.717) is 42.0 Å². The number of aliphatic hydroxyl groups is 1. The van der Waals surface area contributed by atoms with Crippen LogP contribution in [0.25, 0.3) is 6.08 Å². The van der Waals surface area contributed by atoms with Crippen molar-refractivity contribution in [3.8, 4) is 5.75 Å². The molecule has 0 saturated carbocycles. The van der Waals surface area contributed by atoms with Gasteiger partial charge in [-0.15, -0.1) is 0 Å². The summed E-state index contributed by atoms with van der Waals surface area (Å²) < 4.78 is 5.77. The van der Waals surface area contributed by atoms with E-state index in [1.54, 1.807) is 26.0 Å². The molecule has 224 valence electrons. The minimum Gasteiger partial charge on any atom is -0.508 e. The van der Waals surface area contributed by atoms with E-state index in [2.05, 4.69) is 17.0 Å². The molecule has 0 aliphatic rings. The van der Waals surface area contributed by atoms with E-state index in [-0.39, 0.29) is 35.3 Å². The highest BCUT2D eigenvalue weighted by Gasteiger charge is 2.16. The molecule has 0 unspecified atom stereocenters. The van der Waals surface area contributed by atoms with Gasteiger partial charge in [0, 0.05) is 35.4 Å². The number of hydrogen-bond acceptors (Lipinski definition) is 7. The van der Waals surface area contributed by atoms with Gasteiger partial charge < -0.3 is 14.9 Å². The van der Waals surface area contributed by atoms with Crippen LogP contribution in [-0.2, 0) is 17.9 Å². The van der Waals surface area contributed by atoms with Crippen LogP contribution in [0.3, 0.4) is 0 Å². The molecule has 3 rings (SSSR count). The number of rotatable bonds is 18. The number of nitrogens with zero attached hydrogens (tertiary/aromatic N) is 2. The van der Waals surface area contributed by atoms with Gasteiger partial charge in [0.2, 0.25) is 0 Å². The molecule has 0 heterocycles. The first kappa shape index (κ1) is 32.7. The minimum absolute atomic E-state index is 0.0111. The third kappa shape index (κ3) is 10.5. The molecule has 0 aliphatic heterocycles. The Kier molecular flexibility index (Phi) is 13.4.